The predicted octanol–water partition coefficient (Wildman–Crippen LogP) is 5.70. The van der Waals surface area contributed by atoms with E-state index in [1.165, 1.54) is 0 Å². The lowest BCUT2D eigenvalue weighted by molar-refractivity contribution is 0.0206. The maximum Gasteiger partial charge on any atom is 0.514 e. The minimum atomic E-state index is -0.824. The first kappa shape index (κ1) is 19.1. The van der Waals surface area contributed by atoms with Gasteiger partial charge in [-0.1, -0.05) is 6.07 Å². The van der Waals surface area contributed by atoms with Crippen LogP contribution < -0.4 is 4.74 Å². The van der Waals surface area contributed by atoms with Gasteiger partial charge in [0.25, 0.3) is 0 Å². The van der Waals surface area contributed by atoms with Crippen molar-refractivity contribution in [2.75, 3.05) is 0 Å². The van der Waals surface area contributed by atoms with E-state index in [-0.39, 0.29) is 6.61 Å². The van der Waals surface area contributed by atoms with Gasteiger partial charge in [0.1, 0.15) is 18.0 Å². The highest BCUT2D eigenvalue weighted by molar-refractivity contribution is 6.13. The monoisotopic (exact) mass is 394 g/mol. The molecule has 150 valence electrons. The van der Waals surface area contributed by atoms with E-state index in [1.807, 2.05) is 26.0 Å². The molecule has 6 heteroatoms. The fourth-order valence-electron chi connectivity index (χ4n) is 3.52. The summed E-state index contributed by atoms with van der Waals surface area (Å²) >= 11 is 0. The Kier molecular flexibility index (Phi) is 4.37. The number of fused-ring (bicyclic) bond motifs is 2. The number of furan rings is 1. The van der Waals surface area contributed by atoms with Crippen LogP contribution in [0.5, 0.6) is 5.75 Å². The van der Waals surface area contributed by atoms with Gasteiger partial charge in [-0.05, 0) is 63.3 Å². The van der Waals surface area contributed by atoms with E-state index in [1.54, 1.807) is 39.4 Å². The third kappa shape index (κ3) is 3.35. The van der Waals surface area contributed by atoms with Gasteiger partial charge in [0.15, 0.2) is 0 Å². The molecule has 1 aromatic heterocycles. The zero-order valence-corrected chi connectivity index (χ0v) is 17.0. The molecule has 0 saturated carbocycles. The Morgan fingerprint density at radius 3 is 2.38 bits per heavy atom. The number of hydrogen-bond acceptors (Lipinski definition) is 6. The molecule has 4 rings (SSSR count). The Morgan fingerprint density at radius 2 is 1.76 bits per heavy atom. The second kappa shape index (κ2) is 6.65. The standard InChI is InChI=1S/C23H22O6/c1-12-8-15-16(9-13(12)2)20(28-22(25)29-23(3,4)5)17-11-27-21(24)19(17)18(15)14-6-7-26-10-14/h6-10H,11H2,1-5H3. The van der Waals surface area contributed by atoms with Gasteiger partial charge in [0.05, 0.1) is 18.1 Å². The highest BCUT2D eigenvalue weighted by Gasteiger charge is 2.34. The molecule has 0 N–H and O–H groups in total. The van der Waals surface area contributed by atoms with Gasteiger partial charge in [-0.3, -0.25) is 0 Å². The SMILES string of the molecule is Cc1cc2c(OC(=O)OC(C)(C)C)c3c(c(-c4ccoc4)c2cc1C)C(=O)OC3. The van der Waals surface area contributed by atoms with Gasteiger partial charge in [-0.25, -0.2) is 9.59 Å². The highest BCUT2D eigenvalue weighted by atomic mass is 16.7. The van der Waals surface area contributed by atoms with E-state index in [4.69, 9.17) is 18.6 Å². The number of ether oxygens (including phenoxy) is 3. The number of carbonyl (C=O) groups is 2. The van der Waals surface area contributed by atoms with E-state index in [9.17, 15) is 9.59 Å². The summed E-state index contributed by atoms with van der Waals surface area (Å²) < 4.78 is 21.6. The highest BCUT2D eigenvalue weighted by Crippen LogP contribution is 2.45. The van der Waals surface area contributed by atoms with Crippen LogP contribution >= 0.6 is 0 Å². The first-order valence-electron chi connectivity index (χ1n) is 9.36. The third-order valence-corrected chi connectivity index (χ3v) is 4.91. The van der Waals surface area contributed by atoms with E-state index in [2.05, 4.69) is 0 Å². The van der Waals surface area contributed by atoms with E-state index in [0.717, 1.165) is 22.1 Å². The van der Waals surface area contributed by atoms with E-state index < -0.39 is 17.7 Å². The summed E-state index contributed by atoms with van der Waals surface area (Å²) in [7, 11) is 0. The summed E-state index contributed by atoms with van der Waals surface area (Å²) in [6.45, 7) is 9.29. The van der Waals surface area contributed by atoms with Crippen LogP contribution in [0.2, 0.25) is 0 Å². The maximum atomic E-state index is 12.6. The molecular formula is C23H22O6. The number of carbonyl (C=O) groups excluding carboxylic acids is 2. The molecule has 2 heterocycles. The first-order valence-corrected chi connectivity index (χ1v) is 9.36. The van der Waals surface area contributed by atoms with E-state index >= 15 is 0 Å². The van der Waals surface area contributed by atoms with Crippen molar-refractivity contribution >= 4 is 22.9 Å². The normalized spacial score (nSPS) is 13.3. The Hall–Kier alpha value is -3.28. The zero-order valence-electron chi connectivity index (χ0n) is 17.0. The summed E-state index contributed by atoms with van der Waals surface area (Å²) in [5.74, 6) is -0.157. The predicted molar refractivity (Wildman–Crippen MR) is 107 cm³/mol. The molecule has 0 bridgehead atoms. The van der Waals surface area contributed by atoms with Crippen LogP contribution in [0.15, 0.2) is 35.1 Å². The molecule has 0 fully saturated rings. The van der Waals surface area contributed by atoms with Crippen molar-refractivity contribution < 1.29 is 28.2 Å². The molecule has 3 aromatic rings. The Labute approximate surface area is 168 Å². The molecule has 0 saturated heterocycles. The number of cyclic esters (lactones) is 1. The summed E-state index contributed by atoms with van der Waals surface area (Å²) in [5.41, 5.74) is 3.79. The Morgan fingerprint density at radius 1 is 1.07 bits per heavy atom. The fourth-order valence-corrected chi connectivity index (χ4v) is 3.52. The lowest BCUT2D eigenvalue weighted by Crippen LogP contribution is -2.26. The summed E-state index contributed by atoms with van der Waals surface area (Å²) in [6.07, 6.45) is 2.32. The van der Waals surface area contributed by atoms with Gasteiger partial charge in [0, 0.05) is 22.1 Å². The molecule has 0 atom stereocenters. The van der Waals surface area contributed by atoms with Gasteiger partial charge in [-0.15, -0.1) is 0 Å². The van der Waals surface area contributed by atoms with Crippen LogP contribution in [0, 0.1) is 13.8 Å². The number of esters is 1. The largest absolute Gasteiger partial charge is 0.514 e. The molecular weight excluding hydrogens is 372 g/mol. The number of hydrogen-bond donors (Lipinski definition) is 0. The van der Waals surface area contributed by atoms with Gasteiger partial charge < -0.3 is 18.6 Å². The average molecular weight is 394 g/mol. The van der Waals surface area contributed by atoms with Crippen molar-refractivity contribution in [2.24, 2.45) is 0 Å². The topological polar surface area (TPSA) is 75.0 Å². The minimum Gasteiger partial charge on any atom is -0.472 e. The van der Waals surface area contributed by atoms with E-state index in [0.29, 0.717) is 27.8 Å². The van der Waals surface area contributed by atoms with Crippen LogP contribution in [0.25, 0.3) is 21.9 Å². The van der Waals surface area contributed by atoms with Crippen molar-refractivity contribution in [2.45, 2.75) is 46.8 Å². The second-order valence-corrected chi connectivity index (χ2v) is 8.19. The average Bonchev–Trinajstić information content (AvgIpc) is 3.26. The van der Waals surface area contributed by atoms with Crippen molar-refractivity contribution in [3.8, 4) is 16.9 Å². The molecule has 1 aliphatic heterocycles. The summed E-state index contributed by atoms with van der Waals surface area (Å²) in [4.78, 5) is 25.1. The lowest BCUT2D eigenvalue weighted by Gasteiger charge is -2.21. The van der Waals surface area contributed by atoms with Crippen LogP contribution in [0.3, 0.4) is 0 Å². The first-order chi connectivity index (χ1) is 13.7. The molecule has 6 nitrogen and oxygen atoms in total. The zero-order chi connectivity index (χ0) is 20.9. The Balaban J connectivity index is 2.02. The fraction of sp³-hybridized carbons (Fsp3) is 0.304. The quantitative estimate of drug-likeness (QED) is 0.410. The van der Waals surface area contributed by atoms with Crippen molar-refractivity contribution in [3.05, 3.63) is 53.0 Å². The van der Waals surface area contributed by atoms with Crippen LogP contribution in [-0.4, -0.2) is 17.7 Å². The molecule has 0 spiro atoms. The molecule has 29 heavy (non-hydrogen) atoms. The van der Waals surface area contributed by atoms with Crippen molar-refractivity contribution in [1.29, 1.82) is 0 Å². The molecule has 0 aliphatic carbocycles. The van der Waals surface area contributed by atoms with Crippen LogP contribution in [-0.2, 0) is 16.1 Å². The summed E-state index contributed by atoms with van der Waals surface area (Å²) in [5, 5.41) is 1.50. The summed E-state index contributed by atoms with van der Waals surface area (Å²) in [6, 6.07) is 5.74. The molecule has 2 aromatic carbocycles. The van der Waals surface area contributed by atoms with Gasteiger partial charge >= 0.3 is 12.1 Å². The van der Waals surface area contributed by atoms with Crippen LogP contribution in [0.1, 0.15) is 47.8 Å². The second-order valence-electron chi connectivity index (χ2n) is 8.19. The van der Waals surface area contributed by atoms with Gasteiger partial charge in [-0.2, -0.15) is 0 Å². The number of rotatable bonds is 2. The molecule has 0 amide bonds. The molecule has 1 aliphatic rings. The smallest absolute Gasteiger partial charge is 0.472 e. The number of aryl methyl sites for hydroxylation is 2. The lowest BCUT2D eigenvalue weighted by atomic mass is 9.89. The maximum absolute atomic E-state index is 12.6. The minimum absolute atomic E-state index is 0.0278. The van der Waals surface area contributed by atoms with Crippen molar-refractivity contribution in [1.82, 2.24) is 0 Å². The van der Waals surface area contributed by atoms with Gasteiger partial charge in [0.2, 0.25) is 0 Å². The Bertz CT molecular complexity index is 1130. The van der Waals surface area contributed by atoms with Crippen LogP contribution in [0.4, 0.5) is 4.79 Å². The molecule has 0 unspecified atom stereocenters. The third-order valence-electron chi connectivity index (χ3n) is 4.91. The number of benzene rings is 2. The van der Waals surface area contributed by atoms with Crippen molar-refractivity contribution in [3.63, 3.8) is 0 Å². The molecule has 0 radical (unpaired) electrons.